The number of ether oxygens (including phenoxy) is 1. The molecule has 0 saturated heterocycles. The van der Waals surface area contributed by atoms with Crippen LogP contribution >= 0.6 is 27.5 Å². The summed E-state index contributed by atoms with van der Waals surface area (Å²) in [6, 6.07) is 5.36. The minimum Gasteiger partial charge on any atom is -0.435 e. The Bertz CT molecular complexity index is 627. The lowest BCUT2D eigenvalue weighted by molar-refractivity contribution is 0.418. The molecule has 0 atom stereocenters. The molecule has 1 heterocycles. The van der Waals surface area contributed by atoms with E-state index >= 15 is 0 Å². The molecule has 0 saturated carbocycles. The summed E-state index contributed by atoms with van der Waals surface area (Å²) in [4.78, 5) is 3.57. The van der Waals surface area contributed by atoms with Crippen molar-refractivity contribution in [2.75, 3.05) is 5.43 Å². The van der Waals surface area contributed by atoms with Crippen LogP contribution in [0.4, 0.5) is 14.6 Å². The fourth-order valence-electron chi connectivity index (χ4n) is 1.28. The molecule has 0 amide bonds. The maximum absolute atomic E-state index is 13.5. The lowest BCUT2D eigenvalue weighted by atomic mass is 10.3. The zero-order valence-corrected chi connectivity index (χ0v) is 11.6. The second kappa shape index (κ2) is 5.68. The SMILES string of the molecule is NNc1nc(Oc2ccc(Br)cc2Cl)c(F)cc1F. The maximum Gasteiger partial charge on any atom is 0.258 e. The zero-order valence-electron chi connectivity index (χ0n) is 9.25. The lowest BCUT2D eigenvalue weighted by Gasteiger charge is -2.09. The summed E-state index contributed by atoms with van der Waals surface area (Å²) in [7, 11) is 0. The molecule has 19 heavy (non-hydrogen) atoms. The Morgan fingerprint density at radius 2 is 2.00 bits per heavy atom. The summed E-state index contributed by atoms with van der Waals surface area (Å²) in [6.07, 6.45) is 0. The Balaban J connectivity index is 2.37. The molecule has 1 aromatic heterocycles. The molecule has 1 aromatic carbocycles. The molecule has 0 fully saturated rings. The molecular formula is C11H7BrClF2N3O. The van der Waals surface area contributed by atoms with Crippen molar-refractivity contribution >= 4 is 33.3 Å². The number of aromatic nitrogens is 1. The molecular weight excluding hydrogens is 343 g/mol. The summed E-state index contributed by atoms with van der Waals surface area (Å²) in [6.45, 7) is 0. The predicted molar refractivity (Wildman–Crippen MR) is 71.2 cm³/mol. The van der Waals surface area contributed by atoms with E-state index in [1.165, 1.54) is 6.07 Å². The Hall–Kier alpha value is -1.44. The van der Waals surface area contributed by atoms with Gasteiger partial charge in [0, 0.05) is 10.5 Å². The smallest absolute Gasteiger partial charge is 0.258 e. The number of benzene rings is 1. The summed E-state index contributed by atoms with van der Waals surface area (Å²) in [5, 5.41) is 0.252. The first-order chi connectivity index (χ1) is 9.01. The van der Waals surface area contributed by atoms with Crippen LogP contribution in [-0.2, 0) is 0 Å². The van der Waals surface area contributed by atoms with Gasteiger partial charge in [0.15, 0.2) is 17.5 Å². The second-order valence-electron chi connectivity index (χ2n) is 3.43. The molecule has 0 aliphatic rings. The van der Waals surface area contributed by atoms with E-state index < -0.39 is 17.5 Å². The number of nitrogens with two attached hydrogens (primary N) is 1. The number of hydrazine groups is 1. The summed E-state index contributed by atoms with van der Waals surface area (Å²) in [5.74, 6) is 2.59. The lowest BCUT2D eigenvalue weighted by Crippen LogP contribution is -2.11. The van der Waals surface area contributed by atoms with Crippen LogP contribution in [0.25, 0.3) is 0 Å². The number of rotatable bonds is 3. The molecule has 4 nitrogen and oxygen atoms in total. The van der Waals surface area contributed by atoms with Gasteiger partial charge in [-0.2, -0.15) is 4.98 Å². The van der Waals surface area contributed by atoms with E-state index in [0.29, 0.717) is 6.07 Å². The molecule has 0 aliphatic heterocycles. The predicted octanol–water partition coefficient (Wildman–Crippen LogP) is 3.85. The van der Waals surface area contributed by atoms with Crippen LogP contribution in [0, 0.1) is 11.6 Å². The summed E-state index contributed by atoms with van der Waals surface area (Å²) < 4.78 is 32.6. The molecule has 0 unspecified atom stereocenters. The van der Waals surface area contributed by atoms with Gasteiger partial charge in [-0.1, -0.05) is 27.5 Å². The third-order valence-corrected chi connectivity index (χ3v) is 2.92. The normalized spacial score (nSPS) is 10.4. The average Bonchev–Trinajstić information content (AvgIpc) is 2.35. The van der Waals surface area contributed by atoms with Crippen molar-refractivity contribution in [3.63, 3.8) is 0 Å². The van der Waals surface area contributed by atoms with Gasteiger partial charge in [-0.3, -0.25) is 0 Å². The fraction of sp³-hybridized carbons (Fsp3) is 0. The van der Waals surface area contributed by atoms with Gasteiger partial charge >= 0.3 is 0 Å². The number of halogens is 4. The topological polar surface area (TPSA) is 60.2 Å². The number of nitrogens with zero attached hydrogens (tertiary/aromatic N) is 1. The van der Waals surface area contributed by atoms with Gasteiger partial charge in [0.05, 0.1) is 5.02 Å². The Morgan fingerprint density at radius 3 is 2.63 bits per heavy atom. The van der Waals surface area contributed by atoms with Gasteiger partial charge in [-0.25, -0.2) is 14.6 Å². The number of anilines is 1. The number of pyridine rings is 1. The second-order valence-corrected chi connectivity index (χ2v) is 4.75. The number of nitrogen functional groups attached to an aromatic ring is 1. The summed E-state index contributed by atoms with van der Waals surface area (Å²) >= 11 is 9.14. The molecule has 3 N–H and O–H groups in total. The first-order valence-electron chi connectivity index (χ1n) is 4.97. The van der Waals surface area contributed by atoms with Crippen molar-refractivity contribution in [3.05, 3.63) is 45.4 Å². The number of hydrogen-bond acceptors (Lipinski definition) is 4. The molecule has 0 bridgehead atoms. The highest BCUT2D eigenvalue weighted by molar-refractivity contribution is 9.10. The van der Waals surface area contributed by atoms with Gasteiger partial charge in [0.1, 0.15) is 5.75 Å². The van der Waals surface area contributed by atoms with Crippen LogP contribution in [0.15, 0.2) is 28.7 Å². The maximum atomic E-state index is 13.5. The fourth-order valence-corrected chi connectivity index (χ4v) is 2.00. The summed E-state index contributed by atoms with van der Waals surface area (Å²) in [5.41, 5.74) is 2.00. The molecule has 2 rings (SSSR count). The third kappa shape index (κ3) is 3.12. The molecule has 100 valence electrons. The van der Waals surface area contributed by atoms with Crippen molar-refractivity contribution < 1.29 is 13.5 Å². The van der Waals surface area contributed by atoms with E-state index in [4.69, 9.17) is 22.2 Å². The van der Waals surface area contributed by atoms with E-state index in [-0.39, 0.29) is 16.6 Å². The van der Waals surface area contributed by atoms with Gasteiger partial charge < -0.3 is 10.2 Å². The first-order valence-corrected chi connectivity index (χ1v) is 6.14. The van der Waals surface area contributed by atoms with Crippen molar-refractivity contribution in [2.24, 2.45) is 5.84 Å². The van der Waals surface area contributed by atoms with Crippen LogP contribution in [0.1, 0.15) is 0 Å². The molecule has 0 radical (unpaired) electrons. The van der Waals surface area contributed by atoms with Crippen molar-refractivity contribution in [3.8, 4) is 11.6 Å². The molecule has 0 spiro atoms. The van der Waals surface area contributed by atoms with Crippen LogP contribution in [0.5, 0.6) is 11.6 Å². The number of nitrogens with one attached hydrogen (secondary N) is 1. The highest BCUT2D eigenvalue weighted by atomic mass is 79.9. The standard InChI is InChI=1S/C11H7BrClF2N3O/c12-5-1-2-9(6(13)3-5)19-11-8(15)4-7(14)10(17-11)18-16/h1-4H,16H2,(H,17,18). The Labute approximate surface area is 120 Å². The Kier molecular flexibility index (Phi) is 4.18. The average molecular weight is 351 g/mol. The van der Waals surface area contributed by atoms with Gasteiger partial charge in [-0.05, 0) is 18.2 Å². The molecule has 2 aromatic rings. The van der Waals surface area contributed by atoms with Crippen LogP contribution in [0.3, 0.4) is 0 Å². The first kappa shape index (κ1) is 14.0. The minimum atomic E-state index is -0.963. The van der Waals surface area contributed by atoms with Gasteiger partial charge in [0.25, 0.3) is 5.88 Å². The highest BCUT2D eigenvalue weighted by Gasteiger charge is 2.14. The van der Waals surface area contributed by atoms with Gasteiger partial charge in [0.2, 0.25) is 0 Å². The van der Waals surface area contributed by atoms with E-state index in [0.717, 1.165) is 4.47 Å². The zero-order chi connectivity index (χ0) is 14.0. The van der Waals surface area contributed by atoms with E-state index in [1.807, 2.05) is 5.43 Å². The molecule has 8 heteroatoms. The largest absolute Gasteiger partial charge is 0.435 e. The van der Waals surface area contributed by atoms with Crippen molar-refractivity contribution in [2.45, 2.75) is 0 Å². The van der Waals surface area contributed by atoms with Crippen molar-refractivity contribution in [1.82, 2.24) is 4.98 Å². The van der Waals surface area contributed by atoms with Crippen LogP contribution < -0.4 is 16.0 Å². The monoisotopic (exact) mass is 349 g/mol. The van der Waals surface area contributed by atoms with E-state index in [9.17, 15) is 8.78 Å². The van der Waals surface area contributed by atoms with E-state index in [1.54, 1.807) is 12.1 Å². The third-order valence-electron chi connectivity index (χ3n) is 2.13. The van der Waals surface area contributed by atoms with Crippen LogP contribution in [0.2, 0.25) is 5.02 Å². The Morgan fingerprint density at radius 1 is 1.26 bits per heavy atom. The molecule has 0 aliphatic carbocycles. The quantitative estimate of drug-likeness (QED) is 0.652. The number of hydrogen-bond donors (Lipinski definition) is 2. The van der Waals surface area contributed by atoms with Gasteiger partial charge in [-0.15, -0.1) is 0 Å². The van der Waals surface area contributed by atoms with E-state index in [2.05, 4.69) is 20.9 Å². The van der Waals surface area contributed by atoms with Crippen molar-refractivity contribution in [1.29, 1.82) is 0 Å². The van der Waals surface area contributed by atoms with Crippen LogP contribution in [-0.4, -0.2) is 4.98 Å². The highest BCUT2D eigenvalue weighted by Crippen LogP contribution is 2.32. The minimum absolute atomic E-state index is 0.186.